The van der Waals surface area contributed by atoms with Gasteiger partial charge in [-0.3, -0.25) is 19.3 Å². The molecule has 0 spiro atoms. The van der Waals surface area contributed by atoms with Gasteiger partial charge in [-0.1, -0.05) is 60.1 Å². The van der Waals surface area contributed by atoms with Crippen molar-refractivity contribution in [3.63, 3.8) is 0 Å². The van der Waals surface area contributed by atoms with Crippen molar-refractivity contribution >= 4 is 52.2 Å². The van der Waals surface area contributed by atoms with Crippen LogP contribution >= 0.6 is 23.4 Å². The van der Waals surface area contributed by atoms with Crippen LogP contribution in [0.1, 0.15) is 11.1 Å². The van der Waals surface area contributed by atoms with Crippen molar-refractivity contribution < 1.29 is 23.9 Å². The molecule has 0 radical (unpaired) electrons. The largest absolute Gasteiger partial charge is 0.495 e. The molecule has 3 amide bonds. The maximum atomic E-state index is 12.9. The number of imide groups is 1. The number of anilines is 1. The Balaban J connectivity index is 1.46. The molecule has 0 saturated carbocycles. The zero-order valence-electron chi connectivity index (χ0n) is 18.7. The summed E-state index contributed by atoms with van der Waals surface area (Å²) in [6.45, 7) is -0.167. The maximum Gasteiger partial charge on any atom is 0.294 e. The number of benzene rings is 3. The van der Waals surface area contributed by atoms with E-state index in [0.717, 1.165) is 22.2 Å². The minimum Gasteiger partial charge on any atom is -0.495 e. The highest BCUT2D eigenvalue weighted by molar-refractivity contribution is 8.18. The fourth-order valence-electron chi connectivity index (χ4n) is 3.36. The van der Waals surface area contributed by atoms with E-state index < -0.39 is 23.6 Å². The summed E-state index contributed by atoms with van der Waals surface area (Å²) in [4.78, 5) is 39.1. The van der Waals surface area contributed by atoms with Crippen molar-refractivity contribution in [1.29, 1.82) is 0 Å². The molecular formula is C26H21ClN2O5S. The van der Waals surface area contributed by atoms with E-state index in [0.29, 0.717) is 27.8 Å². The second-order valence-electron chi connectivity index (χ2n) is 7.43. The van der Waals surface area contributed by atoms with E-state index in [9.17, 15) is 14.4 Å². The van der Waals surface area contributed by atoms with Crippen LogP contribution in [-0.2, 0) is 16.2 Å². The van der Waals surface area contributed by atoms with E-state index in [1.165, 1.54) is 7.11 Å². The fraction of sp³-hybridized carbons (Fsp3) is 0.115. The molecule has 4 rings (SSSR count). The fourth-order valence-corrected chi connectivity index (χ4v) is 4.38. The van der Waals surface area contributed by atoms with E-state index in [4.69, 9.17) is 21.1 Å². The molecular weight excluding hydrogens is 488 g/mol. The monoisotopic (exact) mass is 508 g/mol. The van der Waals surface area contributed by atoms with Crippen LogP contribution in [0.25, 0.3) is 6.08 Å². The molecule has 0 aromatic heterocycles. The maximum absolute atomic E-state index is 12.9. The summed E-state index contributed by atoms with van der Waals surface area (Å²) >= 11 is 6.98. The molecule has 1 fully saturated rings. The number of methoxy groups -OCH3 is 1. The normalized spacial score (nSPS) is 14.3. The minimum atomic E-state index is -0.545. The van der Waals surface area contributed by atoms with E-state index in [1.54, 1.807) is 54.6 Å². The molecule has 178 valence electrons. The van der Waals surface area contributed by atoms with Gasteiger partial charge in [0.2, 0.25) is 5.91 Å². The molecule has 7 nitrogen and oxygen atoms in total. The first kappa shape index (κ1) is 24.4. The Hall–Kier alpha value is -3.75. The number of rotatable bonds is 8. The van der Waals surface area contributed by atoms with E-state index in [1.807, 2.05) is 24.3 Å². The summed E-state index contributed by atoms with van der Waals surface area (Å²) in [5.74, 6) is -0.0472. The average molecular weight is 509 g/mol. The molecule has 1 N–H and O–H groups in total. The molecule has 35 heavy (non-hydrogen) atoms. The first-order valence-corrected chi connectivity index (χ1v) is 11.8. The van der Waals surface area contributed by atoms with Crippen molar-refractivity contribution in [3.05, 3.63) is 93.9 Å². The summed E-state index contributed by atoms with van der Waals surface area (Å²) in [6, 6.07) is 21.4. The Kier molecular flexibility index (Phi) is 7.74. The number of amides is 3. The highest BCUT2D eigenvalue weighted by Gasteiger charge is 2.36. The van der Waals surface area contributed by atoms with Crippen LogP contribution in [0.3, 0.4) is 0 Å². The van der Waals surface area contributed by atoms with E-state index in [-0.39, 0.29) is 11.5 Å². The van der Waals surface area contributed by atoms with Gasteiger partial charge in [-0.25, -0.2) is 0 Å². The number of carbonyl (C=O) groups excluding carboxylic acids is 3. The van der Waals surface area contributed by atoms with Crippen LogP contribution < -0.4 is 14.8 Å². The van der Waals surface area contributed by atoms with Gasteiger partial charge in [0.15, 0.2) is 0 Å². The van der Waals surface area contributed by atoms with Crippen LogP contribution in [0.4, 0.5) is 10.5 Å². The Labute approximate surface area is 211 Å². The van der Waals surface area contributed by atoms with Crippen LogP contribution in [0.5, 0.6) is 11.5 Å². The molecule has 3 aromatic carbocycles. The molecule has 1 aliphatic rings. The lowest BCUT2D eigenvalue weighted by Gasteiger charge is -2.14. The van der Waals surface area contributed by atoms with Gasteiger partial charge < -0.3 is 14.8 Å². The number of nitrogens with zero attached hydrogens (tertiary/aromatic N) is 1. The van der Waals surface area contributed by atoms with Gasteiger partial charge in [-0.15, -0.1) is 0 Å². The van der Waals surface area contributed by atoms with Gasteiger partial charge in [0, 0.05) is 16.1 Å². The number of carbonyl (C=O) groups is 3. The van der Waals surface area contributed by atoms with Crippen molar-refractivity contribution in [2.45, 2.75) is 6.61 Å². The van der Waals surface area contributed by atoms with Gasteiger partial charge in [0.05, 0.1) is 17.7 Å². The molecule has 0 unspecified atom stereocenters. The highest BCUT2D eigenvalue weighted by Crippen LogP contribution is 2.34. The quantitative estimate of drug-likeness (QED) is 0.398. The Morgan fingerprint density at radius 3 is 2.46 bits per heavy atom. The van der Waals surface area contributed by atoms with Crippen molar-refractivity contribution in [2.24, 2.45) is 0 Å². The molecule has 0 aliphatic carbocycles. The first-order chi connectivity index (χ1) is 17.0. The lowest BCUT2D eigenvalue weighted by Crippen LogP contribution is -2.36. The number of nitrogens with one attached hydrogen (secondary N) is 1. The topological polar surface area (TPSA) is 84.9 Å². The molecule has 0 atom stereocenters. The minimum absolute atomic E-state index is 0.203. The predicted octanol–water partition coefficient (Wildman–Crippen LogP) is 5.60. The van der Waals surface area contributed by atoms with Crippen LogP contribution in [0.2, 0.25) is 5.02 Å². The van der Waals surface area contributed by atoms with Crippen LogP contribution in [-0.4, -0.2) is 35.6 Å². The number of thioether (sulfide) groups is 1. The second kappa shape index (κ2) is 11.1. The second-order valence-corrected chi connectivity index (χ2v) is 8.83. The predicted molar refractivity (Wildman–Crippen MR) is 137 cm³/mol. The standard InChI is InChI=1S/C26H21ClN2O5S/c1-33-22-13-7-5-11-20(22)28-24(30)15-29-25(31)23(35-26(29)32)14-17-8-3-6-12-21(17)34-16-18-9-2-4-10-19(18)27/h2-14H,15-16H2,1H3,(H,28,30)/b23-14+. The third kappa shape index (κ3) is 5.85. The average Bonchev–Trinajstić information content (AvgIpc) is 3.12. The zero-order chi connectivity index (χ0) is 24.8. The molecule has 1 heterocycles. The third-order valence-corrected chi connectivity index (χ3v) is 6.38. The zero-order valence-corrected chi connectivity index (χ0v) is 20.3. The van der Waals surface area contributed by atoms with Crippen LogP contribution in [0, 0.1) is 0 Å². The summed E-state index contributed by atoms with van der Waals surface area (Å²) in [5, 5.41) is 2.74. The van der Waals surface area contributed by atoms with Crippen molar-refractivity contribution in [1.82, 2.24) is 4.90 Å². The number of hydrogen-bond acceptors (Lipinski definition) is 6. The summed E-state index contributed by atoms with van der Waals surface area (Å²) in [5.41, 5.74) is 1.90. The van der Waals surface area contributed by atoms with Gasteiger partial charge >= 0.3 is 0 Å². The van der Waals surface area contributed by atoms with Gasteiger partial charge in [0.25, 0.3) is 11.1 Å². The number of ether oxygens (including phenoxy) is 2. The molecule has 0 bridgehead atoms. The van der Waals surface area contributed by atoms with Gasteiger partial charge in [-0.05, 0) is 42.1 Å². The molecule has 3 aromatic rings. The first-order valence-electron chi connectivity index (χ1n) is 10.6. The Morgan fingerprint density at radius 1 is 1.00 bits per heavy atom. The number of hydrogen-bond donors (Lipinski definition) is 1. The Bertz CT molecular complexity index is 1310. The van der Waals surface area contributed by atoms with Crippen LogP contribution in [0.15, 0.2) is 77.7 Å². The SMILES string of the molecule is COc1ccccc1NC(=O)CN1C(=O)S/C(=C/c2ccccc2OCc2ccccc2Cl)C1=O. The van der Waals surface area contributed by atoms with E-state index >= 15 is 0 Å². The third-order valence-electron chi connectivity index (χ3n) is 5.10. The summed E-state index contributed by atoms with van der Waals surface area (Å²) < 4.78 is 11.1. The number of halogens is 1. The lowest BCUT2D eigenvalue weighted by molar-refractivity contribution is -0.127. The highest BCUT2D eigenvalue weighted by atomic mass is 35.5. The van der Waals surface area contributed by atoms with Gasteiger partial charge in [0.1, 0.15) is 24.7 Å². The van der Waals surface area contributed by atoms with Crippen molar-refractivity contribution in [2.75, 3.05) is 19.0 Å². The molecule has 1 saturated heterocycles. The molecule has 9 heteroatoms. The Morgan fingerprint density at radius 2 is 1.69 bits per heavy atom. The lowest BCUT2D eigenvalue weighted by atomic mass is 10.1. The smallest absolute Gasteiger partial charge is 0.294 e. The van der Waals surface area contributed by atoms with Gasteiger partial charge in [-0.2, -0.15) is 0 Å². The van der Waals surface area contributed by atoms with Crippen molar-refractivity contribution in [3.8, 4) is 11.5 Å². The number of para-hydroxylation sites is 3. The molecule has 1 aliphatic heterocycles. The van der Waals surface area contributed by atoms with E-state index in [2.05, 4.69) is 5.32 Å². The summed E-state index contributed by atoms with van der Waals surface area (Å²) in [6.07, 6.45) is 1.59. The summed E-state index contributed by atoms with van der Waals surface area (Å²) in [7, 11) is 1.49.